The fourth-order valence-electron chi connectivity index (χ4n) is 1.98. The molecule has 0 aliphatic rings. The molecule has 21 heavy (non-hydrogen) atoms. The van der Waals surface area contributed by atoms with Gasteiger partial charge in [-0.1, -0.05) is 32.9 Å². The number of anilines is 1. The molecule has 0 radical (unpaired) electrons. The maximum Gasteiger partial charge on any atom is 0.267 e. The largest absolute Gasteiger partial charge is 0.457 e. The van der Waals surface area contributed by atoms with Crippen LogP contribution in [0, 0.1) is 0 Å². The Kier molecular flexibility index (Phi) is 4.16. The van der Waals surface area contributed by atoms with E-state index in [1.807, 2.05) is 12.1 Å². The first kappa shape index (κ1) is 15.3. The molecule has 0 aliphatic heterocycles. The Morgan fingerprint density at radius 3 is 2.14 bits per heavy atom. The standard InChI is InChI=1S/C17H19F2NO/c1-17(2,3)11-4-7-13(8-5-11)21-15-9-6-12(20)10-14(15)16(18)19/h4-10,16H,20H2,1-3H3. The minimum absolute atomic E-state index is 0.0356. The number of nitrogen functional groups attached to an aromatic ring is 1. The number of benzene rings is 2. The third-order valence-electron chi connectivity index (χ3n) is 3.22. The predicted molar refractivity (Wildman–Crippen MR) is 81.0 cm³/mol. The summed E-state index contributed by atoms with van der Waals surface area (Å²) in [4.78, 5) is 0. The monoisotopic (exact) mass is 291 g/mol. The van der Waals surface area contributed by atoms with Crippen LogP contribution in [-0.2, 0) is 5.41 Å². The van der Waals surface area contributed by atoms with Crippen molar-refractivity contribution in [2.75, 3.05) is 5.73 Å². The zero-order chi connectivity index (χ0) is 15.6. The first-order chi connectivity index (χ1) is 9.77. The molecule has 2 N–H and O–H groups in total. The van der Waals surface area contributed by atoms with Crippen LogP contribution in [0.15, 0.2) is 42.5 Å². The second-order valence-electron chi connectivity index (χ2n) is 5.97. The Morgan fingerprint density at radius 1 is 1.00 bits per heavy atom. The van der Waals surface area contributed by atoms with E-state index in [0.717, 1.165) is 5.56 Å². The highest BCUT2D eigenvalue weighted by atomic mass is 19.3. The highest BCUT2D eigenvalue weighted by Crippen LogP contribution is 2.34. The topological polar surface area (TPSA) is 35.2 Å². The minimum Gasteiger partial charge on any atom is -0.457 e. The molecule has 2 aromatic carbocycles. The first-order valence-electron chi connectivity index (χ1n) is 6.73. The molecule has 0 spiro atoms. The van der Waals surface area contributed by atoms with Crippen molar-refractivity contribution in [2.45, 2.75) is 32.6 Å². The third-order valence-corrected chi connectivity index (χ3v) is 3.22. The number of rotatable bonds is 3. The van der Waals surface area contributed by atoms with E-state index in [9.17, 15) is 8.78 Å². The van der Waals surface area contributed by atoms with Gasteiger partial charge in [0.15, 0.2) is 0 Å². The number of hydrogen-bond acceptors (Lipinski definition) is 2. The van der Waals surface area contributed by atoms with Crippen molar-refractivity contribution in [1.82, 2.24) is 0 Å². The molecule has 0 saturated heterocycles. The van der Waals surface area contributed by atoms with Crippen LogP contribution < -0.4 is 10.5 Å². The summed E-state index contributed by atoms with van der Waals surface area (Å²) in [6, 6.07) is 11.7. The van der Waals surface area contributed by atoms with Gasteiger partial charge < -0.3 is 10.5 Å². The molecule has 0 aliphatic carbocycles. The van der Waals surface area contributed by atoms with E-state index >= 15 is 0 Å². The van der Waals surface area contributed by atoms with Crippen molar-refractivity contribution in [3.63, 3.8) is 0 Å². The lowest BCUT2D eigenvalue weighted by molar-refractivity contribution is 0.148. The summed E-state index contributed by atoms with van der Waals surface area (Å²) in [5.74, 6) is 0.650. The van der Waals surface area contributed by atoms with Gasteiger partial charge in [0.25, 0.3) is 6.43 Å². The Balaban J connectivity index is 2.26. The molecule has 2 rings (SSSR count). The molecule has 4 heteroatoms. The Hall–Kier alpha value is -2.10. The second kappa shape index (κ2) is 5.72. The van der Waals surface area contributed by atoms with Crippen molar-refractivity contribution < 1.29 is 13.5 Å². The van der Waals surface area contributed by atoms with Gasteiger partial charge in [-0.2, -0.15) is 0 Å². The number of hydrogen-bond donors (Lipinski definition) is 1. The first-order valence-corrected chi connectivity index (χ1v) is 6.73. The van der Waals surface area contributed by atoms with Crippen molar-refractivity contribution in [3.8, 4) is 11.5 Å². The molecule has 0 bridgehead atoms. The highest BCUT2D eigenvalue weighted by Gasteiger charge is 2.16. The molecular weight excluding hydrogens is 272 g/mol. The van der Waals surface area contributed by atoms with Crippen LogP contribution in [0.1, 0.15) is 38.3 Å². The maximum atomic E-state index is 13.0. The zero-order valence-corrected chi connectivity index (χ0v) is 12.4. The molecule has 0 aromatic heterocycles. The van der Waals surface area contributed by atoms with E-state index in [1.54, 1.807) is 18.2 Å². The number of nitrogens with two attached hydrogens (primary N) is 1. The fourth-order valence-corrected chi connectivity index (χ4v) is 1.98. The van der Waals surface area contributed by atoms with Gasteiger partial charge in [0, 0.05) is 5.69 Å². The molecule has 0 atom stereocenters. The van der Waals surface area contributed by atoms with E-state index in [4.69, 9.17) is 10.5 Å². The fraction of sp³-hybridized carbons (Fsp3) is 0.294. The summed E-state index contributed by atoms with van der Waals surface area (Å²) in [5.41, 5.74) is 6.82. The molecule has 0 heterocycles. The summed E-state index contributed by atoms with van der Waals surface area (Å²) in [6.07, 6.45) is -2.63. The van der Waals surface area contributed by atoms with Crippen molar-refractivity contribution in [2.24, 2.45) is 0 Å². The number of halogens is 2. The molecule has 2 nitrogen and oxygen atoms in total. The van der Waals surface area contributed by atoms with E-state index in [2.05, 4.69) is 20.8 Å². The second-order valence-corrected chi connectivity index (χ2v) is 5.97. The van der Waals surface area contributed by atoms with Crippen LogP contribution in [0.5, 0.6) is 11.5 Å². The van der Waals surface area contributed by atoms with Gasteiger partial charge in [-0.3, -0.25) is 0 Å². The summed E-state index contributed by atoms with van der Waals surface area (Å²) in [7, 11) is 0. The summed E-state index contributed by atoms with van der Waals surface area (Å²) >= 11 is 0. The highest BCUT2D eigenvalue weighted by molar-refractivity contribution is 5.49. The molecule has 2 aromatic rings. The smallest absolute Gasteiger partial charge is 0.267 e. The number of alkyl halides is 2. The van der Waals surface area contributed by atoms with Gasteiger partial charge in [0.2, 0.25) is 0 Å². The van der Waals surface area contributed by atoms with Crippen molar-refractivity contribution in [3.05, 3.63) is 53.6 Å². The van der Waals surface area contributed by atoms with Gasteiger partial charge in [0.1, 0.15) is 11.5 Å². The average molecular weight is 291 g/mol. The lowest BCUT2D eigenvalue weighted by Crippen LogP contribution is -2.10. The molecular formula is C17H19F2NO. The molecule has 0 amide bonds. The van der Waals surface area contributed by atoms with E-state index in [-0.39, 0.29) is 16.7 Å². The number of ether oxygens (including phenoxy) is 1. The minimum atomic E-state index is -2.63. The van der Waals surface area contributed by atoms with E-state index in [0.29, 0.717) is 11.4 Å². The van der Waals surface area contributed by atoms with E-state index in [1.165, 1.54) is 12.1 Å². The van der Waals surface area contributed by atoms with Gasteiger partial charge in [-0.25, -0.2) is 8.78 Å². The van der Waals surface area contributed by atoms with Crippen LogP contribution in [-0.4, -0.2) is 0 Å². The van der Waals surface area contributed by atoms with Crippen molar-refractivity contribution >= 4 is 5.69 Å². The van der Waals surface area contributed by atoms with Crippen LogP contribution >= 0.6 is 0 Å². The normalized spacial score (nSPS) is 11.7. The molecule has 0 saturated carbocycles. The van der Waals surface area contributed by atoms with Gasteiger partial charge in [0.05, 0.1) is 5.56 Å². The van der Waals surface area contributed by atoms with Crippen LogP contribution in [0.2, 0.25) is 0 Å². The van der Waals surface area contributed by atoms with Gasteiger partial charge >= 0.3 is 0 Å². The maximum absolute atomic E-state index is 13.0. The quantitative estimate of drug-likeness (QED) is 0.779. The SMILES string of the molecule is CC(C)(C)c1ccc(Oc2ccc(N)cc2C(F)F)cc1. The summed E-state index contributed by atoms with van der Waals surface area (Å²) in [6.45, 7) is 6.33. The molecule has 112 valence electrons. The Bertz CT molecular complexity index is 616. The Morgan fingerprint density at radius 2 is 1.62 bits per heavy atom. The van der Waals surface area contributed by atoms with Gasteiger partial charge in [-0.05, 0) is 41.3 Å². The van der Waals surface area contributed by atoms with Gasteiger partial charge in [-0.15, -0.1) is 0 Å². The van der Waals surface area contributed by atoms with Crippen LogP contribution in [0.4, 0.5) is 14.5 Å². The Labute approximate surface area is 123 Å². The van der Waals surface area contributed by atoms with Crippen LogP contribution in [0.25, 0.3) is 0 Å². The van der Waals surface area contributed by atoms with Crippen LogP contribution in [0.3, 0.4) is 0 Å². The van der Waals surface area contributed by atoms with Crippen molar-refractivity contribution in [1.29, 1.82) is 0 Å². The average Bonchev–Trinajstić information content (AvgIpc) is 2.40. The third kappa shape index (κ3) is 3.72. The molecule has 0 fully saturated rings. The predicted octanol–water partition coefficient (Wildman–Crippen LogP) is 5.30. The zero-order valence-electron chi connectivity index (χ0n) is 12.4. The lowest BCUT2D eigenvalue weighted by Gasteiger charge is -2.19. The summed E-state index contributed by atoms with van der Waals surface area (Å²) in [5, 5.41) is 0. The molecule has 0 unspecified atom stereocenters. The summed E-state index contributed by atoms with van der Waals surface area (Å²) < 4.78 is 31.5. The lowest BCUT2D eigenvalue weighted by atomic mass is 9.87. The van der Waals surface area contributed by atoms with E-state index < -0.39 is 6.43 Å².